The van der Waals surface area contributed by atoms with Gasteiger partial charge in [-0.2, -0.15) is 5.21 Å². The Kier molecular flexibility index (Phi) is 6.35. The van der Waals surface area contributed by atoms with Gasteiger partial charge in [0.25, 0.3) is 0 Å². The van der Waals surface area contributed by atoms with Crippen LogP contribution in [0.3, 0.4) is 0 Å². The number of aromatic amines is 1. The molecule has 3 heterocycles. The number of nitrogens with one attached hydrogen (secondary N) is 1. The molecule has 3 aromatic heterocycles. The summed E-state index contributed by atoms with van der Waals surface area (Å²) >= 11 is 2.27. The van der Waals surface area contributed by atoms with Crippen LogP contribution >= 0.6 is 22.6 Å². The number of H-pyrrole nitrogens is 1. The van der Waals surface area contributed by atoms with Crippen molar-refractivity contribution in [1.29, 1.82) is 0 Å². The first kappa shape index (κ1) is 22.2. The number of halogens is 1. The van der Waals surface area contributed by atoms with Gasteiger partial charge in [-0.05, 0) is 58.0 Å². The number of aryl methyl sites for hydroxylation is 1. The Balaban J connectivity index is 1.48. The predicted octanol–water partition coefficient (Wildman–Crippen LogP) is 4.49. The van der Waals surface area contributed by atoms with Gasteiger partial charge in [0, 0.05) is 32.8 Å². The van der Waals surface area contributed by atoms with Crippen LogP contribution in [-0.2, 0) is 13.0 Å². The van der Waals surface area contributed by atoms with E-state index in [1.54, 1.807) is 4.57 Å². The second-order valence-electron chi connectivity index (χ2n) is 7.89. The number of para-hydroxylation sites is 1. The molecule has 0 spiro atoms. The molecule has 0 saturated carbocycles. The third kappa shape index (κ3) is 4.30. The van der Waals surface area contributed by atoms with Crippen molar-refractivity contribution in [2.45, 2.75) is 26.3 Å². The SMILES string of the molecule is CCCc1cn(-c2ccccc2I)c(=O)n1Cc1ccc(-c2ccccc2-c2nn[nH]n2)nc1. The summed E-state index contributed by atoms with van der Waals surface area (Å²) in [6.45, 7) is 2.58. The van der Waals surface area contributed by atoms with Crippen LogP contribution in [0, 0.1) is 3.57 Å². The van der Waals surface area contributed by atoms with Crippen molar-refractivity contribution in [2.24, 2.45) is 0 Å². The molecule has 170 valence electrons. The predicted molar refractivity (Wildman–Crippen MR) is 139 cm³/mol. The molecule has 0 fully saturated rings. The van der Waals surface area contributed by atoms with E-state index in [0.29, 0.717) is 12.4 Å². The second-order valence-corrected chi connectivity index (χ2v) is 9.06. The van der Waals surface area contributed by atoms with Crippen molar-refractivity contribution in [3.05, 3.63) is 98.4 Å². The molecule has 0 radical (unpaired) electrons. The van der Waals surface area contributed by atoms with Crippen molar-refractivity contribution >= 4 is 22.6 Å². The monoisotopic (exact) mass is 563 g/mol. The van der Waals surface area contributed by atoms with Crippen LogP contribution in [-0.4, -0.2) is 34.7 Å². The van der Waals surface area contributed by atoms with Crippen molar-refractivity contribution < 1.29 is 0 Å². The molecule has 2 aromatic carbocycles. The summed E-state index contributed by atoms with van der Waals surface area (Å²) in [6, 6.07) is 19.7. The third-order valence-electron chi connectivity index (χ3n) is 5.63. The Morgan fingerprint density at radius 2 is 1.79 bits per heavy atom. The van der Waals surface area contributed by atoms with Crippen LogP contribution in [0.5, 0.6) is 0 Å². The van der Waals surface area contributed by atoms with E-state index in [4.69, 9.17) is 4.98 Å². The molecule has 9 heteroatoms. The Morgan fingerprint density at radius 1 is 1.00 bits per heavy atom. The van der Waals surface area contributed by atoms with E-state index < -0.39 is 0 Å². The summed E-state index contributed by atoms with van der Waals surface area (Å²) < 4.78 is 4.63. The topological polar surface area (TPSA) is 94.3 Å². The van der Waals surface area contributed by atoms with Gasteiger partial charge in [-0.1, -0.05) is 55.8 Å². The quantitative estimate of drug-likeness (QED) is 0.295. The van der Waals surface area contributed by atoms with Crippen LogP contribution in [0.1, 0.15) is 24.6 Å². The van der Waals surface area contributed by atoms with Crippen LogP contribution in [0.2, 0.25) is 0 Å². The molecule has 0 aliphatic carbocycles. The minimum atomic E-state index is -0.0425. The molecular formula is C25H22IN7O. The molecule has 0 atom stereocenters. The smallest absolute Gasteiger partial charge is 0.292 e. The van der Waals surface area contributed by atoms with Gasteiger partial charge in [-0.3, -0.25) is 14.1 Å². The minimum absolute atomic E-state index is 0.0425. The summed E-state index contributed by atoms with van der Waals surface area (Å²) in [5, 5.41) is 14.4. The third-order valence-corrected chi connectivity index (χ3v) is 6.55. The number of nitrogens with zero attached hydrogens (tertiary/aromatic N) is 6. The second kappa shape index (κ2) is 9.72. The zero-order valence-corrected chi connectivity index (χ0v) is 20.7. The molecule has 8 nitrogen and oxygen atoms in total. The number of rotatable bonds is 7. The highest BCUT2D eigenvalue weighted by Gasteiger charge is 2.15. The van der Waals surface area contributed by atoms with Gasteiger partial charge >= 0.3 is 5.69 Å². The molecule has 0 aliphatic rings. The van der Waals surface area contributed by atoms with Gasteiger partial charge in [-0.25, -0.2) is 4.79 Å². The molecule has 0 unspecified atom stereocenters. The number of tetrazole rings is 1. The Bertz CT molecular complexity index is 1470. The van der Waals surface area contributed by atoms with Crippen LogP contribution in [0.25, 0.3) is 28.3 Å². The van der Waals surface area contributed by atoms with Crippen molar-refractivity contribution in [3.8, 4) is 28.3 Å². The Labute approximate surface area is 209 Å². The summed E-state index contributed by atoms with van der Waals surface area (Å²) in [5.41, 5.74) is 5.41. The van der Waals surface area contributed by atoms with E-state index in [9.17, 15) is 4.79 Å². The van der Waals surface area contributed by atoms with E-state index in [1.807, 2.05) is 77.6 Å². The van der Waals surface area contributed by atoms with Crippen molar-refractivity contribution in [2.75, 3.05) is 0 Å². The maximum absolute atomic E-state index is 13.4. The van der Waals surface area contributed by atoms with Gasteiger partial charge in [0.2, 0.25) is 5.82 Å². The summed E-state index contributed by atoms with van der Waals surface area (Å²) in [4.78, 5) is 18.1. The van der Waals surface area contributed by atoms with Crippen LogP contribution in [0.4, 0.5) is 0 Å². The molecule has 34 heavy (non-hydrogen) atoms. The molecule has 1 N–H and O–H groups in total. The number of pyridine rings is 1. The molecule has 5 aromatic rings. The van der Waals surface area contributed by atoms with E-state index in [-0.39, 0.29) is 5.69 Å². The average molecular weight is 563 g/mol. The highest BCUT2D eigenvalue weighted by molar-refractivity contribution is 14.1. The van der Waals surface area contributed by atoms with E-state index in [1.165, 1.54) is 0 Å². The molecule has 0 bridgehead atoms. The fourth-order valence-electron chi connectivity index (χ4n) is 4.01. The van der Waals surface area contributed by atoms with Gasteiger partial charge in [0.1, 0.15) is 0 Å². The zero-order chi connectivity index (χ0) is 23.5. The molecule has 5 rings (SSSR count). The summed E-state index contributed by atoms with van der Waals surface area (Å²) in [7, 11) is 0. The number of hydrogen-bond acceptors (Lipinski definition) is 5. The van der Waals surface area contributed by atoms with Gasteiger partial charge in [0.15, 0.2) is 0 Å². The van der Waals surface area contributed by atoms with Crippen LogP contribution < -0.4 is 5.69 Å². The number of benzene rings is 2. The largest absolute Gasteiger partial charge is 0.333 e. The summed E-state index contributed by atoms with van der Waals surface area (Å²) in [5.74, 6) is 0.522. The normalized spacial score (nSPS) is 11.1. The van der Waals surface area contributed by atoms with Crippen molar-refractivity contribution in [1.82, 2.24) is 34.7 Å². The number of hydrogen-bond donors (Lipinski definition) is 1. The number of aromatic nitrogens is 7. The fourth-order valence-corrected chi connectivity index (χ4v) is 4.66. The lowest BCUT2D eigenvalue weighted by molar-refractivity contribution is 0.690. The maximum Gasteiger partial charge on any atom is 0.333 e. The van der Waals surface area contributed by atoms with Crippen LogP contribution in [0.15, 0.2) is 77.9 Å². The first-order valence-electron chi connectivity index (χ1n) is 11.0. The highest BCUT2D eigenvalue weighted by atomic mass is 127. The standard InChI is InChI=1S/C25H22IN7O/c1-2-7-18-16-33(23-11-6-5-10-21(23)26)25(34)32(18)15-17-12-13-22(27-14-17)19-8-3-4-9-20(19)24-28-30-31-29-24/h3-6,8-14,16H,2,7,15H2,1H3,(H,28,29,30,31). The van der Waals surface area contributed by atoms with Gasteiger partial charge in [0.05, 0.1) is 17.9 Å². The number of imidazole rings is 1. The molecular weight excluding hydrogens is 541 g/mol. The fraction of sp³-hybridized carbons (Fsp3) is 0.160. The van der Waals surface area contributed by atoms with E-state index in [0.717, 1.165) is 50.2 Å². The molecule has 0 saturated heterocycles. The molecule has 0 aliphatic heterocycles. The lowest BCUT2D eigenvalue weighted by Gasteiger charge is -2.09. The Hall–Kier alpha value is -3.60. The zero-order valence-electron chi connectivity index (χ0n) is 18.5. The first-order valence-corrected chi connectivity index (χ1v) is 12.1. The lowest BCUT2D eigenvalue weighted by atomic mass is 10.0. The molecule has 0 amide bonds. The van der Waals surface area contributed by atoms with E-state index >= 15 is 0 Å². The van der Waals surface area contributed by atoms with E-state index in [2.05, 4.69) is 50.1 Å². The maximum atomic E-state index is 13.4. The highest BCUT2D eigenvalue weighted by Crippen LogP contribution is 2.28. The average Bonchev–Trinajstić information content (AvgIpc) is 3.50. The minimum Gasteiger partial charge on any atom is -0.292 e. The van der Waals surface area contributed by atoms with Gasteiger partial charge in [-0.15, -0.1) is 10.2 Å². The Morgan fingerprint density at radius 3 is 2.50 bits per heavy atom. The summed E-state index contributed by atoms with van der Waals surface area (Å²) in [6.07, 6.45) is 5.58. The lowest BCUT2D eigenvalue weighted by Crippen LogP contribution is -2.25. The first-order chi connectivity index (χ1) is 16.7. The van der Waals surface area contributed by atoms with Gasteiger partial charge < -0.3 is 0 Å². The van der Waals surface area contributed by atoms with Crippen molar-refractivity contribution in [3.63, 3.8) is 0 Å².